The lowest BCUT2D eigenvalue weighted by molar-refractivity contribution is 0.285. The van der Waals surface area contributed by atoms with Crippen molar-refractivity contribution in [1.29, 1.82) is 0 Å². The van der Waals surface area contributed by atoms with E-state index in [-0.39, 0.29) is 0 Å². The van der Waals surface area contributed by atoms with Gasteiger partial charge in [-0.25, -0.2) is 0 Å². The van der Waals surface area contributed by atoms with Gasteiger partial charge in [0, 0.05) is 18.8 Å². The fourth-order valence-electron chi connectivity index (χ4n) is 2.41. The van der Waals surface area contributed by atoms with Crippen LogP contribution < -0.4 is 5.32 Å². The van der Waals surface area contributed by atoms with Gasteiger partial charge in [0.15, 0.2) is 0 Å². The van der Waals surface area contributed by atoms with E-state index < -0.39 is 0 Å². The van der Waals surface area contributed by atoms with Crippen LogP contribution in [0.2, 0.25) is 0 Å². The largest absolute Gasteiger partial charge is 0.380 e. The molecule has 0 amide bonds. The molecule has 0 aromatic carbocycles. The Labute approximate surface area is 97.4 Å². The first-order valence-corrected chi connectivity index (χ1v) is 6.36. The topological polar surface area (TPSA) is 44.0 Å². The molecule has 2 heterocycles. The summed E-state index contributed by atoms with van der Waals surface area (Å²) in [5, 5.41) is 10.3. The SMILES string of the molecule is CCCN1CCCC(Nc2cn[nH]c2)CC1. The van der Waals surface area contributed by atoms with E-state index in [9.17, 15) is 0 Å². The lowest BCUT2D eigenvalue weighted by Crippen LogP contribution is -2.27. The summed E-state index contributed by atoms with van der Waals surface area (Å²) in [5.41, 5.74) is 1.12. The lowest BCUT2D eigenvalue weighted by atomic mass is 10.1. The zero-order valence-electron chi connectivity index (χ0n) is 10.1. The number of likely N-dealkylation sites (tertiary alicyclic amines) is 1. The van der Waals surface area contributed by atoms with Gasteiger partial charge < -0.3 is 10.2 Å². The molecule has 0 bridgehead atoms. The summed E-state index contributed by atoms with van der Waals surface area (Å²) in [6.07, 6.45) is 8.86. The Morgan fingerprint density at radius 1 is 1.50 bits per heavy atom. The number of nitrogens with zero attached hydrogens (tertiary/aromatic N) is 2. The number of aromatic amines is 1. The highest BCUT2D eigenvalue weighted by Crippen LogP contribution is 2.15. The third-order valence-corrected chi connectivity index (χ3v) is 3.23. The third kappa shape index (κ3) is 3.23. The summed E-state index contributed by atoms with van der Waals surface area (Å²) in [6, 6.07) is 0.611. The Morgan fingerprint density at radius 2 is 2.44 bits per heavy atom. The van der Waals surface area contributed by atoms with Crippen molar-refractivity contribution >= 4 is 5.69 Å². The van der Waals surface area contributed by atoms with Gasteiger partial charge in [-0.3, -0.25) is 5.10 Å². The molecule has 1 aromatic rings. The highest BCUT2D eigenvalue weighted by atomic mass is 15.1. The average Bonchev–Trinajstić information content (AvgIpc) is 2.68. The molecule has 2 rings (SSSR count). The van der Waals surface area contributed by atoms with Gasteiger partial charge in [-0.1, -0.05) is 6.92 Å². The number of hydrogen-bond acceptors (Lipinski definition) is 3. The molecule has 2 N–H and O–H groups in total. The Balaban J connectivity index is 1.80. The van der Waals surface area contributed by atoms with Crippen LogP contribution in [0.15, 0.2) is 12.4 Å². The van der Waals surface area contributed by atoms with Crippen molar-refractivity contribution in [2.75, 3.05) is 25.0 Å². The van der Waals surface area contributed by atoms with Gasteiger partial charge in [-0.05, 0) is 38.8 Å². The van der Waals surface area contributed by atoms with E-state index in [4.69, 9.17) is 0 Å². The van der Waals surface area contributed by atoms with Crippen LogP contribution in [0, 0.1) is 0 Å². The zero-order valence-corrected chi connectivity index (χ0v) is 10.1. The van der Waals surface area contributed by atoms with E-state index in [0.717, 1.165) is 5.69 Å². The monoisotopic (exact) mass is 222 g/mol. The highest BCUT2D eigenvalue weighted by molar-refractivity contribution is 5.38. The standard InChI is InChI=1S/C12H22N4/c1-2-6-16-7-3-4-11(5-8-16)15-12-9-13-14-10-12/h9-11,15H,2-8H2,1H3,(H,13,14). The molecule has 1 atom stereocenters. The summed E-state index contributed by atoms with van der Waals surface area (Å²) in [6.45, 7) is 5.99. The van der Waals surface area contributed by atoms with Gasteiger partial charge in [0.1, 0.15) is 0 Å². The molecule has 1 aromatic heterocycles. The highest BCUT2D eigenvalue weighted by Gasteiger charge is 2.16. The summed E-state index contributed by atoms with van der Waals surface area (Å²) in [5.74, 6) is 0. The molecular formula is C12H22N4. The van der Waals surface area contributed by atoms with E-state index in [1.165, 1.54) is 45.3 Å². The summed E-state index contributed by atoms with van der Waals surface area (Å²) < 4.78 is 0. The molecule has 16 heavy (non-hydrogen) atoms. The maximum absolute atomic E-state index is 3.96. The van der Waals surface area contributed by atoms with Crippen molar-refractivity contribution in [1.82, 2.24) is 15.1 Å². The van der Waals surface area contributed by atoms with Crippen LogP contribution in [0.3, 0.4) is 0 Å². The van der Waals surface area contributed by atoms with E-state index in [1.54, 1.807) is 0 Å². The van der Waals surface area contributed by atoms with Crippen LogP contribution in [0.4, 0.5) is 5.69 Å². The van der Waals surface area contributed by atoms with Gasteiger partial charge in [-0.2, -0.15) is 5.10 Å². The molecule has 0 spiro atoms. The van der Waals surface area contributed by atoms with Crippen molar-refractivity contribution < 1.29 is 0 Å². The molecule has 1 aliphatic rings. The third-order valence-electron chi connectivity index (χ3n) is 3.23. The number of H-pyrrole nitrogens is 1. The van der Waals surface area contributed by atoms with Gasteiger partial charge >= 0.3 is 0 Å². The Kier molecular flexibility index (Phi) is 4.22. The molecular weight excluding hydrogens is 200 g/mol. The molecule has 0 aliphatic carbocycles. The van der Waals surface area contributed by atoms with Gasteiger partial charge in [-0.15, -0.1) is 0 Å². The predicted octanol–water partition coefficient (Wildman–Crippen LogP) is 2.09. The van der Waals surface area contributed by atoms with E-state index in [1.807, 2.05) is 12.4 Å². The van der Waals surface area contributed by atoms with Crippen LogP contribution in [0.25, 0.3) is 0 Å². The first-order chi connectivity index (χ1) is 7.88. The maximum Gasteiger partial charge on any atom is 0.0725 e. The number of rotatable bonds is 4. The van der Waals surface area contributed by atoms with Crippen LogP contribution in [-0.4, -0.2) is 40.8 Å². The molecule has 1 aliphatic heterocycles. The Bertz CT molecular complexity index is 283. The summed E-state index contributed by atoms with van der Waals surface area (Å²) in [4.78, 5) is 2.58. The minimum atomic E-state index is 0.611. The smallest absolute Gasteiger partial charge is 0.0725 e. The van der Waals surface area contributed by atoms with Crippen molar-refractivity contribution in [3.05, 3.63) is 12.4 Å². The average molecular weight is 222 g/mol. The second-order valence-corrected chi connectivity index (χ2v) is 4.60. The minimum absolute atomic E-state index is 0.611. The number of aromatic nitrogens is 2. The lowest BCUT2D eigenvalue weighted by Gasteiger charge is -2.19. The van der Waals surface area contributed by atoms with Gasteiger partial charge in [0.2, 0.25) is 0 Å². The Morgan fingerprint density at radius 3 is 3.19 bits per heavy atom. The van der Waals surface area contributed by atoms with Crippen molar-refractivity contribution in [2.45, 2.75) is 38.6 Å². The van der Waals surface area contributed by atoms with Gasteiger partial charge in [0.05, 0.1) is 11.9 Å². The fraction of sp³-hybridized carbons (Fsp3) is 0.750. The summed E-state index contributed by atoms with van der Waals surface area (Å²) in [7, 11) is 0. The van der Waals surface area contributed by atoms with E-state index >= 15 is 0 Å². The molecule has 1 unspecified atom stereocenters. The minimum Gasteiger partial charge on any atom is -0.380 e. The normalized spacial score (nSPS) is 22.9. The second kappa shape index (κ2) is 5.89. The molecule has 4 heteroatoms. The quantitative estimate of drug-likeness (QED) is 0.820. The van der Waals surface area contributed by atoms with Crippen LogP contribution in [0.1, 0.15) is 32.6 Å². The fourth-order valence-corrected chi connectivity index (χ4v) is 2.41. The number of anilines is 1. The molecule has 1 fully saturated rings. The Hall–Kier alpha value is -1.03. The van der Waals surface area contributed by atoms with Gasteiger partial charge in [0.25, 0.3) is 0 Å². The first kappa shape index (κ1) is 11.5. The van der Waals surface area contributed by atoms with Crippen LogP contribution in [0.5, 0.6) is 0 Å². The molecule has 0 radical (unpaired) electrons. The number of hydrogen-bond donors (Lipinski definition) is 2. The van der Waals surface area contributed by atoms with E-state index in [2.05, 4.69) is 27.3 Å². The molecule has 90 valence electrons. The van der Waals surface area contributed by atoms with Crippen molar-refractivity contribution in [3.8, 4) is 0 Å². The molecule has 4 nitrogen and oxygen atoms in total. The zero-order chi connectivity index (χ0) is 11.2. The molecule has 1 saturated heterocycles. The van der Waals surface area contributed by atoms with Crippen molar-refractivity contribution in [2.24, 2.45) is 0 Å². The second-order valence-electron chi connectivity index (χ2n) is 4.60. The first-order valence-electron chi connectivity index (χ1n) is 6.36. The summed E-state index contributed by atoms with van der Waals surface area (Å²) >= 11 is 0. The van der Waals surface area contributed by atoms with Crippen molar-refractivity contribution in [3.63, 3.8) is 0 Å². The van der Waals surface area contributed by atoms with Crippen LogP contribution >= 0.6 is 0 Å². The van der Waals surface area contributed by atoms with Crippen LogP contribution in [-0.2, 0) is 0 Å². The number of nitrogens with one attached hydrogen (secondary N) is 2. The predicted molar refractivity (Wildman–Crippen MR) is 66.6 cm³/mol. The maximum atomic E-state index is 3.96. The van der Waals surface area contributed by atoms with E-state index in [0.29, 0.717) is 6.04 Å². The molecule has 0 saturated carbocycles.